The molecule has 80 valence electrons. The minimum Gasteiger partial charge on any atom is -0.280 e. The summed E-state index contributed by atoms with van der Waals surface area (Å²) in [5, 5.41) is 6.63. The molecule has 0 bridgehead atoms. The lowest BCUT2D eigenvalue weighted by molar-refractivity contribution is 0.602. The smallest absolute Gasteiger partial charge is 0.233 e. The van der Waals surface area contributed by atoms with Gasteiger partial charge >= 0.3 is 0 Å². The number of nitrogens with zero attached hydrogens (tertiary/aromatic N) is 1. The second kappa shape index (κ2) is 4.00. The first-order valence-electron chi connectivity index (χ1n) is 4.50. The van der Waals surface area contributed by atoms with Crippen molar-refractivity contribution >= 4 is 15.8 Å². The summed E-state index contributed by atoms with van der Waals surface area (Å²) >= 11 is 0. The second-order valence-corrected chi connectivity index (χ2v) is 5.38. The van der Waals surface area contributed by atoms with Crippen molar-refractivity contribution in [3.05, 3.63) is 11.8 Å². The lowest BCUT2D eigenvalue weighted by atomic mass is 10.1. The summed E-state index contributed by atoms with van der Waals surface area (Å²) < 4.78 is 24.7. The van der Waals surface area contributed by atoms with Crippen molar-refractivity contribution in [3.8, 4) is 0 Å². The van der Waals surface area contributed by atoms with Gasteiger partial charge in [0.15, 0.2) is 5.82 Å². The van der Waals surface area contributed by atoms with E-state index in [-0.39, 0.29) is 5.75 Å². The number of H-pyrrole nitrogens is 1. The third-order valence-corrected chi connectivity index (χ3v) is 3.14. The van der Waals surface area contributed by atoms with E-state index in [0.29, 0.717) is 11.7 Å². The number of aromatic nitrogens is 2. The highest BCUT2D eigenvalue weighted by Crippen LogP contribution is 2.15. The molecule has 1 aromatic rings. The van der Waals surface area contributed by atoms with E-state index in [4.69, 9.17) is 0 Å². The normalized spacial score (nSPS) is 12.0. The van der Waals surface area contributed by atoms with Crippen LogP contribution >= 0.6 is 0 Å². The molecule has 1 heterocycles. The number of hydrogen-bond acceptors (Lipinski definition) is 3. The molecule has 0 aromatic carbocycles. The van der Waals surface area contributed by atoms with Crippen molar-refractivity contribution in [1.29, 1.82) is 0 Å². The van der Waals surface area contributed by atoms with Crippen LogP contribution in [0.1, 0.15) is 32.4 Å². The Hall–Kier alpha value is -1.04. The highest BCUT2D eigenvalue weighted by molar-refractivity contribution is 7.92. The van der Waals surface area contributed by atoms with Gasteiger partial charge in [0.05, 0.1) is 5.75 Å². The highest BCUT2D eigenvalue weighted by atomic mass is 32.2. The van der Waals surface area contributed by atoms with Crippen LogP contribution in [0.25, 0.3) is 0 Å². The van der Waals surface area contributed by atoms with Crippen LogP contribution in [0.5, 0.6) is 0 Å². The Morgan fingerprint density at radius 3 is 2.64 bits per heavy atom. The minimum absolute atomic E-state index is 0.0525. The third kappa shape index (κ3) is 2.73. The van der Waals surface area contributed by atoms with E-state index in [2.05, 4.69) is 14.9 Å². The van der Waals surface area contributed by atoms with Crippen LogP contribution < -0.4 is 4.72 Å². The van der Waals surface area contributed by atoms with Crippen LogP contribution in [0.3, 0.4) is 0 Å². The Bertz CT molecular complexity index is 394. The molecule has 0 amide bonds. The van der Waals surface area contributed by atoms with Crippen LogP contribution in [0.4, 0.5) is 5.82 Å². The molecule has 0 spiro atoms. The number of aromatic amines is 1. The largest absolute Gasteiger partial charge is 0.280 e. The molecule has 0 aliphatic heterocycles. The molecule has 0 radical (unpaired) electrons. The molecule has 2 N–H and O–H groups in total. The van der Waals surface area contributed by atoms with Gasteiger partial charge in [0.1, 0.15) is 0 Å². The van der Waals surface area contributed by atoms with E-state index < -0.39 is 10.0 Å². The Labute approximate surface area is 84.0 Å². The summed E-state index contributed by atoms with van der Waals surface area (Å²) in [4.78, 5) is 0. The topological polar surface area (TPSA) is 74.8 Å². The minimum atomic E-state index is -3.22. The van der Waals surface area contributed by atoms with Gasteiger partial charge in [-0.2, -0.15) is 5.10 Å². The van der Waals surface area contributed by atoms with Gasteiger partial charge in [-0.3, -0.25) is 9.82 Å². The number of rotatable bonds is 4. The molecule has 0 atom stereocenters. The van der Waals surface area contributed by atoms with Gasteiger partial charge in [-0.05, 0) is 12.8 Å². The quantitative estimate of drug-likeness (QED) is 0.798. The number of nitrogens with one attached hydrogen (secondary N) is 2. The maximum absolute atomic E-state index is 11.2. The van der Waals surface area contributed by atoms with Crippen LogP contribution in [-0.2, 0) is 10.0 Å². The van der Waals surface area contributed by atoms with Crippen LogP contribution in [0, 0.1) is 0 Å². The predicted molar refractivity (Wildman–Crippen MR) is 55.8 cm³/mol. The molecule has 0 fully saturated rings. The Morgan fingerprint density at radius 1 is 1.57 bits per heavy atom. The fraction of sp³-hybridized carbons (Fsp3) is 0.625. The van der Waals surface area contributed by atoms with Crippen molar-refractivity contribution in [3.63, 3.8) is 0 Å². The maximum atomic E-state index is 11.2. The zero-order valence-electron chi connectivity index (χ0n) is 8.53. The summed E-state index contributed by atoms with van der Waals surface area (Å²) in [5.74, 6) is 0.717. The van der Waals surface area contributed by atoms with Gasteiger partial charge < -0.3 is 0 Å². The Balaban J connectivity index is 2.79. The molecular formula is C8H15N3O2S. The van der Waals surface area contributed by atoms with Gasteiger partial charge in [0.25, 0.3) is 0 Å². The fourth-order valence-corrected chi connectivity index (χ4v) is 1.48. The molecule has 0 aliphatic rings. The summed E-state index contributed by atoms with van der Waals surface area (Å²) in [5.41, 5.74) is 0.916. The first-order valence-corrected chi connectivity index (χ1v) is 6.15. The summed E-state index contributed by atoms with van der Waals surface area (Å²) in [6.45, 7) is 5.59. The molecule has 1 rings (SSSR count). The lowest BCUT2D eigenvalue weighted by Gasteiger charge is -2.00. The standard InChI is InChI=1S/C8H15N3O2S/c1-4-14(12,13)11-8-5-7(6(2)3)9-10-8/h5-6H,4H2,1-3H3,(H2,9,10,11). The second-order valence-electron chi connectivity index (χ2n) is 3.37. The van der Waals surface area contributed by atoms with E-state index in [1.807, 2.05) is 13.8 Å². The van der Waals surface area contributed by atoms with E-state index in [1.165, 1.54) is 0 Å². The van der Waals surface area contributed by atoms with Crippen molar-refractivity contribution in [2.45, 2.75) is 26.7 Å². The first kappa shape index (κ1) is 11.0. The lowest BCUT2D eigenvalue weighted by Crippen LogP contribution is -2.14. The van der Waals surface area contributed by atoms with Crippen LogP contribution in [0.2, 0.25) is 0 Å². The molecule has 14 heavy (non-hydrogen) atoms. The van der Waals surface area contributed by atoms with Crippen molar-refractivity contribution in [1.82, 2.24) is 10.2 Å². The number of anilines is 1. The van der Waals surface area contributed by atoms with Crippen LogP contribution in [0.15, 0.2) is 6.07 Å². The van der Waals surface area contributed by atoms with Crippen molar-refractivity contribution < 1.29 is 8.42 Å². The van der Waals surface area contributed by atoms with Gasteiger partial charge in [-0.25, -0.2) is 8.42 Å². The molecule has 0 unspecified atom stereocenters. The van der Waals surface area contributed by atoms with E-state index in [9.17, 15) is 8.42 Å². The molecular weight excluding hydrogens is 202 g/mol. The highest BCUT2D eigenvalue weighted by Gasteiger charge is 2.10. The van der Waals surface area contributed by atoms with Crippen molar-refractivity contribution in [2.24, 2.45) is 0 Å². The Morgan fingerprint density at radius 2 is 2.21 bits per heavy atom. The molecule has 1 aromatic heterocycles. The van der Waals surface area contributed by atoms with E-state index in [0.717, 1.165) is 5.69 Å². The fourth-order valence-electron chi connectivity index (χ4n) is 0.916. The molecule has 0 aliphatic carbocycles. The van der Waals surface area contributed by atoms with Gasteiger partial charge in [0, 0.05) is 11.8 Å². The van der Waals surface area contributed by atoms with Gasteiger partial charge in [-0.15, -0.1) is 0 Å². The number of sulfonamides is 1. The predicted octanol–water partition coefficient (Wildman–Crippen LogP) is 1.29. The SMILES string of the molecule is CCS(=O)(=O)Nc1cc(C(C)C)[nH]n1. The average Bonchev–Trinajstić information content (AvgIpc) is 2.52. The summed E-state index contributed by atoms with van der Waals surface area (Å²) in [6.07, 6.45) is 0. The van der Waals surface area contributed by atoms with E-state index in [1.54, 1.807) is 13.0 Å². The molecule has 5 nitrogen and oxygen atoms in total. The average molecular weight is 217 g/mol. The zero-order chi connectivity index (χ0) is 10.8. The van der Waals surface area contributed by atoms with E-state index >= 15 is 0 Å². The first-order chi connectivity index (χ1) is 6.44. The molecule has 0 saturated carbocycles. The van der Waals surface area contributed by atoms with Gasteiger partial charge in [-0.1, -0.05) is 13.8 Å². The van der Waals surface area contributed by atoms with Crippen LogP contribution in [-0.4, -0.2) is 24.4 Å². The number of hydrogen-bond donors (Lipinski definition) is 2. The van der Waals surface area contributed by atoms with Gasteiger partial charge in [0.2, 0.25) is 10.0 Å². The molecule has 0 saturated heterocycles. The maximum Gasteiger partial charge on any atom is 0.233 e. The summed E-state index contributed by atoms with van der Waals surface area (Å²) in [6, 6.07) is 1.71. The Kier molecular flexibility index (Phi) is 3.15. The monoisotopic (exact) mass is 217 g/mol. The zero-order valence-corrected chi connectivity index (χ0v) is 9.35. The third-order valence-electron chi connectivity index (χ3n) is 1.86. The van der Waals surface area contributed by atoms with Crippen molar-refractivity contribution in [2.75, 3.05) is 10.5 Å². The summed E-state index contributed by atoms with van der Waals surface area (Å²) in [7, 11) is -3.22. The molecule has 6 heteroatoms.